The average Bonchev–Trinajstić information content (AvgIpc) is 3.05. The standard InChI is InChI=1S/C26H48/c1-3-13-24-19-21-26(24,25-17-12-18-25)20-10-8-6-5-7-9-14-23-16-11-15-22(23)4-2/h22-25H,3-21H2,1-2H3. The van der Waals surface area contributed by atoms with E-state index >= 15 is 0 Å². The second kappa shape index (κ2) is 10.5. The molecule has 0 aromatic carbocycles. The molecule has 0 bridgehead atoms. The van der Waals surface area contributed by atoms with Crippen LogP contribution in [0.1, 0.15) is 136 Å². The van der Waals surface area contributed by atoms with Crippen molar-refractivity contribution in [1.82, 2.24) is 0 Å². The van der Waals surface area contributed by atoms with E-state index in [4.69, 9.17) is 0 Å². The van der Waals surface area contributed by atoms with Crippen LogP contribution < -0.4 is 0 Å². The zero-order chi connectivity index (χ0) is 18.2. The van der Waals surface area contributed by atoms with Gasteiger partial charge in [-0.15, -0.1) is 0 Å². The predicted octanol–water partition coefficient (Wildman–Crippen LogP) is 8.93. The summed E-state index contributed by atoms with van der Waals surface area (Å²) in [5.41, 5.74) is 0.825. The van der Waals surface area contributed by atoms with E-state index in [2.05, 4.69) is 13.8 Å². The second-order valence-corrected chi connectivity index (χ2v) is 10.4. The monoisotopic (exact) mass is 360 g/mol. The van der Waals surface area contributed by atoms with Gasteiger partial charge in [-0.05, 0) is 61.2 Å². The molecule has 3 saturated carbocycles. The summed E-state index contributed by atoms with van der Waals surface area (Å²) in [6.07, 6.45) is 29.0. The molecule has 4 unspecified atom stereocenters. The van der Waals surface area contributed by atoms with Gasteiger partial charge in [0.15, 0.2) is 0 Å². The van der Waals surface area contributed by atoms with Crippen LogP contribution in [0.3, 0.4) is 0 Å². The number of unbranched alkanes of at least 4 members (excludes halogenated alkanes) is 5. The summed E-state index contributed by atoms with van der Waals surface area (Å²) in [4.78, 5) is 0. The van der Waals surface area contributed by atoms with Crippen LogP contribution in [0.15, 0.2) is 0 Å². The van der Waals surface area contributed by atoms with Gasteiger partial charge in [0.05, 0.1) is 0 Å². The maximum atomic E-state index is 2.41. The van der Waals surface area contributed by atoms with Gasteiger partial charge in [-0.3, -0.25) is 0 Å². The van der Waals surface area contributed by atoms with Gasteiger partial charge >= 0.3 is 0 Å². The van der Waals surface area contributed by atoms with Gasteiger partial charge in [0.1, 0.15) is 0 Å². The summed E-state index contributed by atoms with van der Waals surface area (Å²) in [5, 5.41) is 0. The van der Waals surface area contributed by atoms with Gasteiger partial charge in [-0.25, -0.2) is 0 Å². The number of hydrogen-bond donors (Lipinski definition) is 0. The summed E-state index contributed by atoms with van der Waals surface area (Å²) in [7, 11) is 0. The first-order chi connectivity index (χ1) is 12.8. The molecule has 152 valence electrons. The van der Waals surface area contributed by atoms with Gasteiger partial charge in [-0.1, -0.05) is 104 Å². The van der Waals surface area contributed by atoms with E-state index in [0.29, 0.717) is 0 Å². The SMILES string of the molecule is CCCC1CCC1(CCCCCCCCC1CCCC1CC)C1CCC1. The fourth-order valence-electron chi connectivity index (χ4n) is 7.15. The Morgan fingerprint density at radius 2 is 1.38 bits per heavy atom. The van der Waals surface area contributed by atoms with Crippen LogP contribution in [0.25, 0.3) is 0 Å². The Morgan fingerprint density at radius 1 is 0.692 bits per heavy atom. The van der Waals surface area contributed by atoms with Crippen molar-refractivity contribution in [2.75, 3.05) is 0 Å². The molecule has 3 fully saturated rings. The van der Waals surface area contributed by atoms with Crippen LogP contribution >= 0.6 is 0 Å². The van der Waals surface area contributed by atoms with Crippen molar-refractivity contribution in [3.8, 4) is 0 Å². The van der Waals surface area contributed by atoms with Crippen LogP contribution in [0.2, 0.25) is 0 Å². The molecule has 3 aliphatic rings. The van der Waals surface area contributed by atoms with E-state index in [1.54, 1.807) is 44.9 Å². The van der Waals surface area contributed by atoms with E-state index in [1.165, 1.54) is 77.0 Å². The van der Waals surface area contributed by atoms with Crippen molar-refractivity contribution < 1.29 is 0 Å². The van der Waals surface area contributed by atoms with Gasteiger partial charge in [0.2, 0.25) is 0 Å². The lowest BCUT2D eigenvalue weighted by Gasteiger charge is -2.58. The van der Waals surface area contributed by atoms with Crippen LogP contribution in [-0.2, 0) is 0 Å². The Hall–Kier alpha value is 0. The molecule has 0 saturated heterocycles. The van der Waals surface area contributed by atoms with E-state index < -0.39 is 0 Å². The Morgan fingerprint density at radius 3 is 2.00 bits per heavy atom. The van der Waals surface area contributed by atoms with E-state index in [-0.39, 0.29) is 0 Å². The quantitative estimate of drug-likeness (QED) is 0.287. The van der Waals surface area contributed by atoms with Crippen LogP contribution in [0, 0.1) is 29.1 Å². The number of rotatable bonds is 13. The molecule has 0 spiro atoms. The van der Waals surface area contributed by atoms with Gasteiger partial charge in [-0.2, -0.15) is 0 Å². The minimum Gasteiger partial charge on any atom is -0.0654 e. The van der Waals surface area contributed by atoms with Crippen LogP contribution in [0.5, 0.6) is 0 Å². The first kappa shape index (κ1) is 20.7. The maximum absolute atomic E-state index is 2.41. The third-order valence-corrected chi connectivity index (χ3v) is 9.13. The molecule has 3 rings (SSSR count). The van der Waals surface area contributed by atoms with Crippen LogP contribution in [-0.4, -0.2) is 0 Å². The van der Waals surface area contributed by atoms with Crippen LogP contribution in [0.4, 0.5) is 0 Å². The Balaban J connectivity index is 1.24. The first-order valence-corrected chi connectivity index (χ1v) is 12.8. The minimum absolute atomic E-state index is 0.825. The summed E-state index contributed by atoms with van der Waals surface area (Å²) >= 11 is 0. The smallest absolute Gasteiger partial charge is 0.0241 e. The van der Waals surface area contributed by atoms with Crippen molar-refractivity contribution in [3.05, 3.63) is 0 Å². The highest BCUT2D eigenvalue weighted by atomic mass is 14.6. The Labute approximate surface area is 165 Å². The van der Waals surface area contributed by atoms with E-state index in [0.717, 1.165) is 29.1 Å². The molecule has 0 aromatic rings. The van der Waals surface area contributed by atoms with Gasteiger partial charge in [0, 0.05) is 0 Å². The lowest BCUT2D eigenvalue weighted by molar-refractivity contribution is -0.0781. The van der Waals surface area contributed by atoms with E-state index in [9.17, 15) is 0 Å². The lowest BCUT2D eigenvalue weighted by atomic mass is 9.47. The summed E-state index contributed by atoms with van der Waals surface area (Å²) in [5.74, 6) is 4.41. The van der Waals surface area contributed by atoms with Crippen molar-refractivity contribution in [1.29, 1.82) is 0 Å². The highest BCUT2D eigenvalue weighted by Gasteiger charge is 2.51. The van der Waals surface area contributed by atoms with Gasteiger partial charge in [0.25, 0.3) is 0 Å². The van der Waals surface area contributed by atoms with Crippen molar-refractivity contribution in [2.45, 2.75) is 136 Å². The molecule has 0 aliphatic heterocycles. The molecule has 0 heteroatoms. The molecule has 0 nitrogen and oxygen atoms in total. The molecule has 4 atom stereocenters. The van der Waals surface area contributed by atoms with E-state index in [1.807, 2.05) is 0 Å². The maximum Gasteiger partial charge on any atom is -0.0241 e. The normalized spacial score (nSPS) is 34.6. The minimum atomic E-state index is 0.825. The molecule has 0 aromatic heterocycles. The molecule has 0 amide bonds. The fourth-order valence-corrected chi connectivity index (χ4v) is 7.15. The van der Waals surface area contributed by atoms with Gasteiger partial charge < -0.3 is 0 Å². The Kier molecular flexibility index (Phi) is 8.39. The molecule has 0 N–H and O–H groups in total. The zero-order valence-electron chi connectivity index (χ0n) is 18.2. The first-order valence-electron chi connectivity index (χ1n) is 12.8. The average molecular weight is 361 g/mol. The molecule has 0 heterocycles. The Bertz CT molecular complexity index is 381. The van der Waals surface area contributed by atoms with Crippen molar-refractivity contribution >= 4 is 0 Å². The third kappa shape index (κ3) is 4.88. The number of hydrogen-bond acceptors (Lipinski definition) is 0. The highest BCUT2D eigenvalue weighted by molar-refractivity contribution is 5.01. The molecule has 3 aliphatic carbocycles. The molecular formula is C26H48. The lowest BCUT2D eigenvalue weighted by Crippen LogP contribution is -2.48. The summed E-state index contributed by atoms with van der Waals surface area (Å²) in [6.45, 7) is 4.81. The summed E-state index contributed by atoms with van der Waals surface area (Å²) < 4.78 is 0. The zero-order valence-corrected chi connectivity index (χ0v) is 18.2. The predicted molar refractivity (Wildman–Crippen MR) is 115 cm³/mol. The fraction of sp³-hybridized carbons (Fsp3) is 1.00. The third-order valence-electron chi connectivity index (χ3n) is 9.13. The summed E-state index contributed by atoms with van der Waals surface area (Å²) in [6, 6.07) is 0. The molecule has 0 radical (unpaired) electrons. The largest absolute Gasteiger partial charge is 0.0654 e. The molecule has 26 heavy (non-hydrogen) atoms. The van der Waals surface area contributed by atoms with Crippen molar-refractivity contribution in [2.24, 2.45) is 29.1 Å². The topological polar surface area (TPSA) is 0 Å². The highest BCUT2D eigenvalue weighted by Crippen LogP contribution is 2.61. The molecular weight excluding hydrogens is 312 g/mol. The van der Waals surface area contributed by atoms with Crippen molar-refractivity contribution in [3.63, 3.8) is 0 Å². The second-order valence-electron chi connectivity index (χ2n) is 10.4.